The molecule has 0 spiro atoms. The van der Waals surface area contributed by atoms with Gasteiger partial charge in [-0.15, -0.1) is 0 Å². The highest BCUT2D eigenvalue weighted by Crippen LogP contribution is 2.30. The number of nitrogens with one attached hydrogen (secondary N) is 1. The summed E-state index contributed by atoms with van der Waals surface area (Å²) >= 11 is 0. The molecule has 3 heteroatoms. The van der Waals surface area contributed by atoms with E-state index >= 15 is 0 Å². The van der Waals surface area contributed by atoms with Gasteiger partial charge in [0.2, 0.25) is 0 Å². The van der Waals surface area contributed by atoms with E-state index in [0.717, 1.165) is 30.7 Å². The molecule has 2 aromatic rings. The SMILES string of the molecule is Cc1cccc2c3c([nH]c12)/C(=N/O)CCC3. The first-order chi connectivity index (χ1) is 7.81. The van der Waals surface area contributed by atoms with Gasteiger partial charge in [-0.1, -0.05) is 23.4 Å². The number of rotatable bonds is 0. The van der Waals surface area contributed by atoms with Gasteiger partial charge in [0.05, 0.1) is 5.69 Å². The quantitative estimate of drug-likeness (QED) is 0.514. The number of benzene rings is 1. The Labute approximate surface area is 93.8 Å². The Hall–Kier alpha value is -1.77. The van der Waals surface area contributed by atoms with Crippen molar-refractivity contribution in [3.05, 3.63) is 35.0 Å². The molecule has 1 aliphatic rings. The molecule has 1 heterocycles. The Bertz CT molecular complexity index is 581. The molecular weight excluding hydrogens is 200 g/mol. The van der Waals surface area contributed by atoms with Crippen LogP contribution < -0.4 is 0 Å². The number of fused-ring (bicyclic) bond motifs is 3. The summed E-state index contributed by atoms with van der Waals surface area (Å²) in [5.41, 5.74) is 5.53. The predicted octanol–water partition coefficient (Wildman–Crippen LogP) is 2.99. The van der Waals surface area contributed by atoms with Gasteiger partial charge in [-0.3, -0.25) is 0 Å². The maximum Gasteiger partial charge on any atom is 0.103 e. The number of hydrogen-bond donors (Lipinski definition) is 2. The second-order valence-electron chi connectivity index (χ2n) is 4.38. The zero-order chi connectivity index (χ0) is 11.1. The number of para-hydroxylation sites is 1. The zero-order valence-electron chi connectivity index (χ0n) is 9.25. The molecule has 16 heavy (non-hydrogen) atoms. The summed E-state index contributed by atoms with van der Waals surface area (Å²) in [7, 11) is 0. The third-order valence-corrected chi connectivity index (χ3v) is 3.40. The third kappa shape index (κ3) is 1.18. The van der Waals surface area contributed by atoms with Crippen LogP contribution in [0.1, 0.15) is 29.7 Å². The van der Waals surface area contributed by atoms with Gasteiger partial charge in [0.1, 0.15) is 5.71 Å². The highest BCUT2D eigenvalue weighted by atomic mass is 16.4. The summed E-state index contributed by atoms with van der Waals surface area (Å²) < 4.78 is 0. The second kappa shape index (κ2) is 3.37. The maximum absolute atomic E-state index is 9.00. The van der Waals surface area contributed by atoms with Crippen LogP contribution >= 0.6 is 0 Å². The van der Waals surface area contributed by atoms with E-state index in [4.69, 9.17) is 5.21 Å². The molecule has 0 amide bonds. The minimum atomic E-state index is 0.789. The molecule has 0 fully saturated rings. The van der Waals surface area contributed by atoms with Crippen LogP contribution in [0.25, 0.3) is 10.9 Å². The first-order valence-electron chi connectivity index (χ1n) is 5.62. The van der Waals surface area contributed by atoms with Crippen LogP contribution in [0.5, 0.6) is 0 Å². The molecule has 82 valence electrons. The van der Waals surface area contributed by atoms with Crippen LogP contribution in [0.3, 0.4) is 0 Å². The van der Waals surface area contributed by atoms with E-state index in [9.17, 15) is 0 Å². The fourth-order valence-electron chi connectivity index (χ4n) is 2.58. The van der Waals surface area contributed by atoms with Gasteiger partial charge in [0.15, 0.2) is 0 Å². The number of aromatic nitrogens is 1. The van der Waals surface area contributed by atoms with Crippen molar-refractivity contribution in [1.82, 2.24) is 4.98 Å². The minimum absolute atomic E-state index is 0.789. The van der Waals surface area contributed by atoms with Gasteiger partial charge in [-0.25, -0.2) is 0 Å². The van der Waals surface area contributed by atoms with E-state index in [1.807, 2.05) is 0 Å². The minimum Gasteiger partial charge on any atom is -0.411 e. The number of oxime groups is 1. The molecule has 0 saturated carbocycles. The van der Waals surface area contributed by atoms with E-state index in [1.165, 1.54) is 22.0 Å². The molecule has 0 saturated heterocycles. The summed E-state index contributed by atoms with van der Waals surface area (Å²) in [4.78, 5) is 3.39. The summed E-state index contributed by atoms with van der Waals surface area (Å²) in [6, 6.07) is 6.31. The van der Waals surface area contributed by atoms with E-state index < -0.39 is 0 Å². The van der Waals surface area contributed by atoms with Crippen molar-refractivity contribution in [3.63, 3.8) is 0 Å². The Balaban J connectivity index is 2.37. The summed E-state index contributed by atoms with van der Waals surface area (Å²) in [5, 5.41) is 13.7. The normalized spacial score (nSPS) is 17.9. The first-order valence-corrected chi connectivity index (χ1v) is 5.62. The standard InChI is InChI=1S/C13H14N2O/c1-8-4-2-5-9-10-6-3-7-11(15-16)13(10)14-12(8)9/h2,4-5,14,16H,3,6-7H2,1H3/b15-11+. The monoisotopic (exact) mass is 214 g/mol. The van der Waals surface area contributed by atoms with Crippen molar-refractivity contribution in [2.45, 2.75) is 26.2 Å². The van der Waals surface area contributed by atoms with Gasteiger partial charge in [0.25, 0.3) is 0 Å². The molecule has 0 bridgehead atoms. The van der Waals surface area contributed by atoms with Crippen LogP contribution in [0, 0.1) is 6.92 Å². The lowest BCUT2D eigenvalue weighted by Gasteiger charge is -2.12. The molecular formula is C13H14N2O. The number of hydrogen-bond acceptors (Lipinski definition) is 2. The predicted molar refractivity (Wildman–Crippen MR) is 64.3 cm³/mol. The van der Waals surface area contributed by atoms with E-state index in [0.29, 0.717) is 0 Å². The van der Waals surface area contributed by atoms with Crippen molar-refractivity contribution in [2.24, 2.45) is 5.16 Å². The number of aromatic amines is 1. The fourth-order valence-corrected chi connectivity index (χ4v) is 2.58. The summed E-state index contributed by atoms with van der Waals surface area (Å²) in [5.74, 6) is 0. The highest BCUT2D eigenvalue weighted by molar-refractivity contribution is 6.06. The molecule has 1 aromatic carbocycles. The average molecular weight is 214 g/mol. The van der Waals surface area contributed by atoms with E-state index in [2.05, 4.69) is 35.3 Å². The Morgan fingerprint density at radius 2 is 2.19 bits per heavy atom. The van der Waals surface area contributed by atoms with Crippen molar-refractivity contribution in [1.29, 1.82) is 0 Å². The Kier molecular flexibility index (Phi) is 1.99. The average Bonchev–Trinajstić information content (AvgIpc) is 2.69. The largest absolute Gasteiger partial charge is 0.411 e. The molecule has 1 aromatic heterocycles. The van der Waals surface area contributed by atoms with Crippen LogP contribution in [0.2, 0.25) is 0 Å². The number of aryl methyl sites for hydroxylation is 2. The lowest BCUT2D eigenvalue weighted by Crippen LogP contribution is -2.10. The molecule has 0 aliphatic heterocycles. The van der Waals surface area contributed by atoms with E-state index in [-0.39, 0.29) is 0 Å². The van der Waals surface area contributed by atoms with Gasteiger partial charge in [-0.05, 0) is 37.3 Å². The third-order valence-electron chi connectivity index (χ3n) is 3.40. The molecule has 3 nitrogen and oxygen atoms in total. The highest BCUT2D eigenvalue weighted by Gasteiger charge is 2.21. The van der Waals surface area contributed by atoms with Crippen molar-refractivity contribution < 1.29 is 5.21 Å². The van der Waals surface area contributed by atoms with Gasteiger partial charge in [-0.2, -0.15) is 0 Å². The van der Waals surface area contributed by atoms with E-state index in [1.54, 1.807) is 0 Å². The van der Waals surface area contributed by atoms with Crippen LogP contribution in [0.4, 0.5) is 0 Å². The van der Waals surface area contributed by atoms with Gasteiger partial charge in [0, 0.05) is 10.9 Å². The van der Waals surface area contributed by atoms with Gasteiger partial charge < -0.3 is 10.2 Å². The first kappa shape index (κ1) is 9.46. The number of nitrogens with zero attached hydrogens (tertiary/aromatic N) is 1. The van der Waals surface area contributed by atoms with Crippen LogP contribution in [-0.2, 0) is 6.42 Å². The smallest absolute Gasteiger partial charge is 0.103 e. The lowest BCUT2D eigenvalue weighted by molar-refractivity contribution is 0.317. The number of H-pyrrole nitrogens is 1. The van der Waals surface area contributed by atoms with Crippen molar-refractivity contribution >= 4 is 16.6 Å². The van der Waals surface area contributed by atoms with Crippen LogP contribution in [-0.4, -0.2) is 15.9 Å². The Morgan fingerprint density at radius 1 is 1.31 bits per heavy atom. The summed E-state index contributed by atoms with van der Waals surface area (Å²) in [6.45, 7) is 2.10. The van der Waals surface area contributed by atoms with Crippen LogP contribution in [0.15, 0.2) is 23.4 Å². The maximum atomic E-state index is 9.00. The molecule has 1 aliphatic carbocycles. The fraction of sp³-hybridized carbons (Fsp3) is 0.308. The zero-order valence-corrected chi connectivity index (χ0v) is 9.25. The van der Waals surface area contributed by atoms with Crippen molar-refractivity contribution in [2.75, 3.05) is 0 Å². The van der Waals surface area contributed by atoms with Gasteiger partial charge >= 0.3 is 0 Å². The van der Waals surface area contributed by atoms with Crippen molar-refractivity contribution in [3.8, 4) is 0 Å². The molecule has 3 rings (SSSR count). The second-order valence-corrected chi connectivity index (χ2v) is 4.38. The molecule has 0 radical (unpaired) electrons. The molecule has 0 atom stereocenters. The Morgan fingerprint density at radius 3 is 3.00 bits per heavy atom. The molecule has 2 N–H and O–H groups in total. The summed E-state index contributed by atoms with van der Waals surface area (Å²) in [6.07, 6.45) is 2.99. The molecule has 0 unspecified atom stereocenters. The topological polar surface area (TPSA) is 48.4 Å². The lowest BCUT2D eigenvalue weighted by atomic mass is 9.94.